The average Bonchev–Trinajstić information content (AvgIpc) is 3.10. The number of allylic oxidation sites excluding steroid dienone is 1. The Morgan fingerprint density at radius 1 is 1.28 bits per heavy atom. The molecule has 0 aliphatic carbocycles. The number of nitrogens with zero attached hydrogens (tertiary/aromatic N) is 5. The third-order valence-corrected chi connectivity index (χ3v) is 4.22. The maximum Gasteiger partial charge on any atom is 0.419 e. The number of carbonyl (C=O) groups is 1. The second-order valence-corrected chi connectivity index (χ2v) is 6.13. The van der Waals surface area contributed by atoms with Crippen LogP contribution in [0.25, 0.3) is 5.70 Å². The van der Waals surface area contributed by atoms with Crippen LogP contribution in [0.15, 0.2) is 42.0 Å². The molecule has 11 heteroatoms. The highest BCUT2D eigenvalue weighted by atomic mass is 19.4. The fourth-order valence-corrected chi connectivity index (χ4v) is 2.84. The molecular weight excluding hydrogens is 392 g/mol. The summed E-state index contributed by atoms with van der Waals surface area (Å²) in [5, 5.41) is 7.97. The number of nitrogens with two attached hydrogens (primary N) is 1. The first-order chi connectivity index (χ1) is 13.7. The molecule has 0 unspecified atom stereocenters. The molecule has 0 saturated heterocycles. The van der Waals surface area contributed by atoms with Crippen LogP contribution in [0.4, 0.5) is 17.6 Å². The highest BCUT2D eigenvalue weighted by molar-refractivity contribution is 5.94. The Labute approximate surface area is 162 Å². The van der Waals surface area contributed by atoms with E-state index in [2.05, 4.69) is 21.8 Å². The number of alkyl halides is 3. The van der Waals surface area contributed by atoms with Crippen molar-refractivity contribution in [1.82, 2.24) is 19.7 Å². The van der Waals surface area contributed by atoms with Gasteiger partial charge in [0.25, 0.3) is 5.91 Å². The van der Waals surface area contributed by atoms with Gasteiger partial charge < -0.3 is 15.2 Å². The van der Waals surface area contributed by atoms with Gasteiger partial charge in [-0.1, -0.05) is 12.7 Å². The lowest BCUT2D eigenvalue weighted by Gasteiger charge is -2.28. The Morgan fingerprint density at radius 2 is 2.03 bits per heavy atom. The molecule has 1 aromatic carbocycles. The molecule has 0 bridgehead atoms. The number of benzene rings is 1. The first-order valence-corrected chi connectivity index (χ1v) is 8.40. The van der Waals surface area contributed by atoms with Gasteiger partial charge in [0.15, 0.2) is 11.6 Å². The number of hydrogen-bond acceptors (Lipinski definition) is 5. The van der Waals surface area contributed by atoms with E-state index in [-0.39, 0.29) is 30.9 Å². The fraction of sp³-hybridized carbons (Fsp3) is 0.222. The summed E-state index contributed by atoms with van der Waals surface area (Å²) in [5.74, 6) is -1.31. The molecule has 7 nitrogen and oxygen atoms in total. The maximum absolute atomic E-state index is 13.5. The molecule has 29 heavy (non-hydrogen) atoms. The lowest BCUT2D eigenvalue weighted by atomic mass is 10.1. The Bertz CT molecular complexity index is 1010. The van der Waals surface area contributed by atoms with Gasteiger partial charge in [-0.15, -0.1) is 10.2 Å². The molecule has 2 heterocycles. The highest BCUT2D eigenvalue weighted by Crippen LogP contribution is 2.32. The van der Waals surface area contributed by atoms with Gasteiger partial charge in [-0.25, -0.2) is 4.39 Å². The molecule has 152 valence electrons. The Morgan fingerprint density at radius 3 is 2.72 bits per heavy atom. The minimum absolute atomic E-state index is 0.0216. The summed E-state index contributed by atoms with van der Waals surface area (Å²) in [6, 6.07) is 2.17. The van der Waals surface area contributed by atoms with Crippen LogP contribution in [-0.2, 0) is 19.3 Å². The molecule has 1 aliphatic rings. The first kappa shape index (κ1) is 20.2. The van der Waals surface area contributed by atoms with Crippen molar-refractivity contribution in [2.45, 2.75) is 19.3 Å². The number of aliphatic imine (C=N–C) groups is 1. The van der Waals surface area contributed by atoms with Gasteiger partial charge in [0, 0.05) is 24.9 Å². The molecule has 2 N–H and O–H groups in total. The van der Waals surface area contributed by atoms with Crippen molar-refractivity contribution >= 4 is 17.8 Å². The van der Waals surface area contributed by atoms with Crippen LogP contribution in [0.5, 0.6) is 0 Å². The predicted molar refractivity (Wildman–Crippen MR) is 97.0 cm³/mol. The zero-order valence-corrected chi connectivity index (χ0v) is 15.0. The molecular formula is C18H16F4N6O. The van der Waals surface area contributed by atoms with Crippen molar-refractivity contribution in [2.75, 3.05) is 6.54 Å². The summed E-state index contributed by atoms with van der Waals surface area (Å²) in [6.45, 7) is 3.99. The normalized spacial score (nSPS) is 14.9. The van der Waals surface area contributed by atoms with E-state index in [9.17, 15) is 22.4 Å². The third kappa shape index (κ3) is 4.18. The Balaban J connectivity index is 1.82. The van der Waals surface area contributed by atoms with Gasteiger partial charge in [0.2, 0.25) is 0 Å². The molecule has 3 rings (SSSR count). The molecule has 1 aliphatic heterocycles. The standard InChI is InChI=1S/C18H16F4N6O/c1-2-5-24-9-14(23)16-26-25-15-10-27(6-7-28(15)16)17(29)11-3-4-13(19)12(8-11)18(20,21)22/h2-5,8-9H,1,6-7,10,23H2/b14-9-,24-5-. The van der Waals surface area contributed by atoms with Crippen LogP contribution in [-0.4, -0.2) is 38.3 Å². The third-order valence-electron chi connectivity index (χ3n) is 4.22. The first-order valence-electron chi connectivity index (χ1n) is 8.40. The molecule has 0 atom stereocenters. The molecule has 0 spiro atoms. The molecule has 1 amide bonds. The number of aromatic nitrogens is 3. The van der Waals surface area contributed by atoms with E-state index in [0.29, 0.717) is 23.8 Å². The molecule has 1 aromatic heterocycles. The minimum Gasteiger partial charge on any atom is -0.394 e. The van der Waals surface area contributed by atoms with Gasteiger partial charge in [-0.2, -0.15) is 13.2 Å². The summed E-state index contributed by atoms with van der Waals surface area (Å²) in [7, 11) is 0. The summed E-state index contributed by atoms with van der Waals surface area (Å²) < 4.78 is 53.9. The number of halogens is 4. The van der Waals surface area contributed by atoms with Gasteiger partial charge in [-0.05, 0) is 18.2 Å². The van der Waals surface area contributed by atoms with Crippen molar-refractivity contribution in [2.24, 2.45) is 10.7 Å². The molecule has 0 fully saturated rings. The van der Waals surface area contributed by atoms with E-state index < -0.39 is 23.5 Å². The summed E-state index contributed by atoms with van der Waals surface area (Å²) in [4.78, 5) is 17.9. The van der Waals surface area contributed by atoms with Crippen molar-refractivity contribution in [1.29, 1.82) is 0 Å². The second-order valence-electron chi connectivity index (χ2n) is 6.13. The molecule has 0 saturated carbocycles. The van der Waals surface area contributed by atoms with Gasteiger partial charge in [0.1, 0.15) is 5.82 Å². The molecule has 2 aromatic rings. The van der Waals surface area contributed by atoms with E-state index in [4.69, 9.17) is 5.73 Å². The number of hydrogen-bond donors (Lipinski definition) is 1. The largest absolute Gasteiger partial charge is 0.419 e. The lowest BCUT2D eigenvalue weighted by Crippen LogP contribution is -2.39. The summed E-state index contributed by atoms with van der Waals surface area (Å²) in [5.41, 5.74) is 4.45. The Kier molecular flexibility index (Phi) is 5.48. The number of carbonyl (C=O) groups excluding carboxylic acids is 1. The fourth-order valence-electron chi connectivity index (χ4n) is 2.84. The Hall–Kier alpha value is -3.50. The van der Waals surface area contributed by atoms with Crippen LogP contribution >= 0.6 is 0 Å². The average molecular weight is 408 g/mol. The monoisotopic (exact) mass is 408 g/mol. The minimum atomic E-state index is -4.89. The number of amides is 1. The summed E-state index contributed by atoms with van der Waals surface area (Å²) in [6.07, 6.45) is -0.589. The topological polar surface area (TPSA) is 89.4 Å². The molecule has 0 radical (unpaired) electrons. The second kappa shape index (κ2) is 7.86. The highest BCUT2D eigenvalue weighted by Gasteiger charge is 2.35. The quantitative estimate of drug-likeness (QED) is 0.622. The van der Waals surface area contributed by atoms with E-state index in [1.165, 1.54) is 23.4 Å². The van der Waals surface area contributed by atoms with Gasteiger partial charge >= 0.3 is 6.18 Å². The van der Waals surface area contributed by atoms with Crippen molar-refractivity contribution in [3.8, 4) is 0 Å². The number of rotatable bonds is 4. The van der Waals surface area contributed by atoms with Crippen molar-refractivity contribution < 1.29 is 22.4 Å². The van der Waals surface area contributed by atoms with E-state index in [1.807, 2.05) is 0 Å². The van der Waals surface area contributed by atoms with Crippen LogP contribution in [0, 0.1) is 5.82 Å². The van der Waals surface area contributed by atoms with Crippen molar-refractivity contribution in [3.05, 3.63) is 65.6 Å². The number of fused-ring (bicyclic) bond motifs is 1. The van der Waals surface area contributed by atoms with Crippen LogP contribution in [0.3, 0.4) is 0 Å². The predicted octanol–water partition coefficient (Wildman–Crippen LogP) is 2.61. The smallest absolute Gasteiger partial charge is 0.394 e. The van der Waals surface area contributed by atoms with E-state index >= 15 is 0 Å². The van der Waals surface area contributed by atoms with Crippen LogP contribution < -0.4 is 5.73 Å². The van der Waals surface area contributed by atoms with E-state index in [0.717, 1.165) is 6.07 Å². The van der Waals surface area contributed by atoms with E-state index in [1.54, 1.807) is 4.57 Å². The SMILES string of the molecule is C=C/C=N\C=C(/N)c1nnc2n1CCN(C(=O)c1ccc(F)c(C(F)(F)F)c1)C2. The lowest BCUT2D eigenvalue weighted by molar-refractivity contribution is -0.140. The van der Waals surface area contributed by atoms with Crippen LogP contribution in [0.2, 0.25) is 0 Å². The van der Waals surface area contributed by atoms with Gasteiger partial charge in [0.05, 0.1) is 24.0 Å². The maximum atomic E-state index is 13.5. The summed E-state index contributed by atoms with van der Waals surface area (Å²) >= 11 is 0. The van der Waals surface area contributed by atoms with Gasteiger partial charge in [-0.3, -0.25) is 9.79 Å². The van der Waals surface area contributed by atoms with Crippen molar-refractivity contribution in [3.63, 3.8) is 0 Å². The van der Waals surface area contributed by atoms with Crippen LogP contribution in [0.1, 0.15) is 27.6 Å². The zero-order chi connectivity index (χ0) is 21.2. The zero-order valence-electron chi connectivity index (χ0n) is 15.0.